The normalized spacial score (nSPS) is 10.8. The number of fused-ring (bicyclic) bond motifs is 1. The largest absolute Gasteiger partial charge is 0.421 e. The third kappa shape index (κ3) is 0.934. The van der Waals surface area contributed by atoms with Crippen LogP contribution in [0.25, 0.3) is 11.0 Å². The fraction of sp³-hybridized carbons (Fsp3) is 0.167. The molecule has 2 rings (SSSR count). The van der Waals surface area contributed by atoms with Gasteiger partial charge in [-0.1, -0.05) is 4.73 Å². The van der Waals surface area contributed by atoms with Crippen molar-refractivity contribution in [3.63, 3.8) is 0 Å². The molecule has 2 heterocycles. The van der Waals surface area contributed by atoms with Crippen molar-refractivity contribution in [3.8, 4) is 0 Å². The van der Waals surface area contributed by atoms with Gasteiger partial charge in [-0.3, -0.25) is 14.5 Å². The van der Waals surface area contributed by atoms with E-state index in [0.717, 1.165) is 0 Å². The van der Waals surface area contributed by atoms with Crippen LogP contribution in [-0.2, 0) is 7.05 Å². The Hall–Kier alpha value is -2.05. The average molecular weight is 182 g/mol. The number of nitrogens with zero attached hydrogens (tertiary/aromatic N) is 3. The van der Waals surface area contributed by atoms with E-state index in [1.54, 1.807) is 7.05 Å². The maximum atomic E-state index is 11.2. The van der Waals surface area contributed by atoms with E-state index in [2.05, 4.69) is 10.1 Å². The summed E-state index contributed by atoms with van der Waals surface area (Å²) in [5, 5.41) is 12.9. The van der Waals surface area contributed by atoms with E-state index in [9.17, 15) is 9.59 Å². The van der Waals surface area contributed by atoms with Crippen molar-refractivity contribution in [1.29, 1.82) is 0 Å². The molecule has 0 fully saturated rings. The van der Waals surface area contributed by atoms with Gasteiger partial charge in [-0.25, -0.2) is 4.79 Å². The molecule has 0 aliphatic heterocycles. The minimum Gasteiger partial charge on any atom is -0.421 e. The molecule has 7 heteroatoms. The summed E-state index contributed by atoms with van der Waals surface area (Å²) in [6.07, 6.45) is 1.42. The molecule has 0 saturated heterocycles. The molecular formula is C6H6N4O3. The maximum Gasteiger partial charge on any atom is 0.363 e. The van der Waals surface area contributed by atoms with Crippen molar-refractivity contribution >= 4 is 11.0 Å². The smallest absolute Gasteiger partial charge is 0.363 e. The fourth-order valence-corrected chi connectivity index (χ4v) is 1.10. The van der Waals surface area contributed by atoms with Crippen LogP contribution in [0.3, 0.4) is 0 Å². The summed E-state index contributed by atoms with van der Waals surface area (Å²) in [6.45, 7) is 0. The van der Waals surface area contributed by atoms with Gasteiger partial charge in [0, 0.05) is 13.2 Å². The lowest BCUT2D eigenvalue weighted by Crippen LogP contribution is -2.32. The molecule has 0 radical (unpaired) electrons. The van der Waals surface area contributed by atoms with Crippen molar-refractivity contribution < 1.29 is 5.21 Å². The third-order valence-electron chi connectivity index (χ3n) is 1.67. The maximum absolute atomic E-state index is 11.2. The van der Waals surface area contributed by atoms with Crippen molar-refractivity contribution in [1.82, 2.24) is 19.5 Å². The van der Waals surface area contributed by atoms with Gasteiger partial charge in [0.15, 0.2) is 5.65 Å². The van der Waals surface area contributed by atoms with E-state index in [-0.39, 0.29) is 15.8 Å². The first-order chi connectivity index (χ1) is 6.09. The number of aromatic amines is 1. The quantitative estimate of drug-likeness (QED) is 0.493. The van der Waals surface area contributed by atoms with Crippen LogP contribution in [-0.4, -0.2) is 24.7 Å². The van der Waals surface area contributed by atoms with Crippen molar-refractivity contribution in [3.05, 3.63) is 27.0 Å². The van der Waals surface area contributed by atoms with Crippen molar-refractivity contribution in [2.75, 3.05) is 0 Å². The second-order valence-electron chi connectivity index (χ2n) is 2.61. The lowest BCUT2D eigenvalue weighted by Gasteiger charge is -1.91. The Labute approximate surface area is 70.8 Å². The number of aromatic nitrogens is 4. The number of hydrogen-bond acceptors (Lipinski definition) is 4. The Morgan fingerprint density at radius 1 is 1.54 bits per heavy atom. The molecule has 2 N–H and O–H groups in total. The molecule has 0 unspecified atom stereocenters. The van der Waals surface area contributed by atoms with Gasteiger partial charge in [0.25, 0.3) is 0 Å². The lowest BCUT2D eigenvalue weighted by molar-refractivity contribution is 0.162. The molecule has 0 atom stereocenters. The zero-order chi connectivity index (χ0) is 9.59. The van der Waals surface area contributed by atoms with E-state index in [1.807, 2.05) is 0 Å². The summed E-state index contributed by atoms with van der Waals surface area (Å²) in [6, 6.07) is 0. The zero-order valence-electron chi connectivity index (χ0n) is 6.68. The summed E-state index contributed by atoms with van der Waals surface area (Å²) in [4.78, 5) is 24.3. The molecule has 2 aromatic heterocycles. The standard InChI is InChI=1S/C6H6N4O3/c1-9-2-3-4(8-9)7-6(12)10(13)5(3)11/h2,13H,1H3,(H,7,8,12). The molecule has 0 bridgehead atoms. The van der Waals surface area contributed by atoms with Gasteiger partial charge >= 0.3 is 11.2 Å². The van der Waals surface area contributed by atoms with Crippen molar-refractivity contribution in [2.24, 2.45) is 7.05 Å². The van der Waals surface area contributed by atoms with Gasteiger partial charge in [0.05, 0.1) is 0 Å². The van der Waals surface area contributed by atoms with Crippen LogP contribution in [0.4, 0.5) is 0 Å². The van der Waals surface area contributed by atoms with Crippen LogP contribution < -0.4 is 11.2 Å². The summed E-state index contributed by atoms with van der Waals surface area (Å²) in [5.74, 6) is 0. The van der Waals surface area contributed by atoms with Crippen LogP contribution in [0.15, 0.2) is 15.8 Å². The van der Waals surface area contributed by atoms with Crippen molar-refractivity contribution in [2.45, 2.75) is 0 Å². The fourth-order valence-electron chi connectivity index (χ4n) is 1.10. The Balaban J connectivity index is 3.10. The van der Waals surface area contributed by atoms with Crippen LogP contribution >= 0.6 is 0 Å². The highest BCUT2D eigenvalue weighted by atomic mass is 16.5. The topological polar surface area (TPSA) is 92.9 Å². The monoisotopic (exact) mass is 182 g/mol. The second kappa shape index (κ2) is 2.22. The number of rotatable bonds is 0. The molecule has 0 amide bonds. The minimum absolute atomic E-state index is 0.0179. The zero-order valence-corrected chi connectivity index (χ0v) is 6.68. The molecule has 7 nitrogen and oxygen atoms in total. The molecule has 0 aliphatic carbocycles. The Morgan fingerprint density at radius 3 is 2.92 bits per heavy atom. The van der Waals surface area contributed by atoms with Crippen LogP contribution in [0.2, 0.25) is 0 Å². The summed E-state index contributed by atoms with van der Waals surface area (Å²) in [7, 11) is 1.61. The van der Waals surface area contributed by atoms with E-state index in [4.69, 9.17) is 5.21 Å². The first-order valence-electron chi connectivity index (χ1n) is 3.47. The number of H-pyrrole nitrogens is 1. The lowest BCUT2D eigenvalue weighted by atomic mass is 10.4. The van der Waals surface area contributed by atoms with Gasteiger partial charge in [0.2, 0.25) is 0 Å². The Kier molecular flexibility index (Phi) is 1.30. The van der Waals surface area contributed by atoms with E-state index < -0.39 is 11.2 Å². The SMILES string of the molecule is Cn1cc2c(=O)n(O)c(=O)[nH]c2n1. The molecule has 68 valence electrons. The summed E-state index contributed by atoms with van der Waals surface area (Å²) >= 11 is 0. The Morgan fingerprint density at radius 2 is 2.23 bits per heavy atom. The highest BCUT2D eigenvalue weighted by Crippen LogP contribution is 1.98. The van der Waals surface area contributed by atoms with E-state index >= 15 is 0 Å². The summed E-state index contributed by atoms with van der Waals surface area (Å²) < 4.78 is 1.39. The number of aryl methyl sites for hydroxylation is 1. The summed E-state index contributed by atoms with van der Waals surface area (Å²) in [5.41, 5.74) is -1.49. The Bertz CT molecular complexity index is 576. The molecule has 0 saturated carbocycles. The van der Waals surface area contributed by atoms with Crippen LogP contribution in [0, 0.1) is 0 Å². The molecule has 13 heavy (non-hydrogen) atoms. The van der Waals surface area contributed by atoms with Crippen LogP contribution in [0.5, 0.6) is 0 Å². The minimum atomic E-state index is -0.892. The van der Waals surface area contributed by atoms with E-state index in [1.165, 1.54) is 10.9 Å². The predicted molar refractivity (Wildman–Crippen MR) is 42.8 cm³/mol. The average Bonchev–Trinajstić information content (AvgIpc) is 2.42. The third-order valence-corrected chi connectivity index (χ3v) is 1.67. The molecule has 0 aromatic carbocycles. The molecular weight excluding hydrogens is 176 g/mol. The van der Waals surface area contributed by atoms with Gasteiger partial charge in [-0.05, 0) is 0 Å². The molecule has 0 aliphatic rings. The molecule has 2 aromatic rings. The van der Waals surface area contributed by atoms with Crippen LogP contribution in [0.1, 0.15) is 0 Å². The first kappa shape index (κ1) is 7.59. The van der Waals surface area contributed by atoms with E-state index in [0.29, 0.717) is 0 Å². The highest BCUT2D eigenvalue weighted by Gasteiger charge is 2.08. The van der Waals surface area contributed by atoms with Gasteiger partial charge in [0.1, 0.15) is 5.39 Å². The number of nitrogens with one attached hydrogen (secondary N) is 1. The highest BCUT2D eigenvalue weighted by molar-refractivity contribution is 5.71. The number of hydrogen-bond donors (Lipinski definition) is 2. The molecule has 0 spiro atoms. The predicted octanol–water partition coefficient (Wildman–Crippen LogP) is -1.34. The first-order valence-corrected chi connectivity index (χ1v) is 3.47. The van der Waals surface area contributed by atoms with Gasteiger partial charge < -0.3 is 5.21 Å². The van der Waals surface area contributed by atoms with Gasteiger partial charge in [-0.15, -0.1) is 0 Å². The second-order valence-corrected chi connectivity index (χ2v) is 2.61. The van der Waals surface area contributed by atoms with Gasteiger partial charge in [-0.2, -0.15) is 5.10 Å².